The third-order valence-corrected chi connectivity index (χ3v) is 7.94. The largest absolute Gasteiger partial charge is 0.377 e. The second kappa shape index (κ2) is 9.98. The Morgan fingerprint density at radius 3 is 2.58 bits per heavy atom. The Hall–Kier alpha value is -2.82. The van der Waals surface area contributed by atoms with Crippen molar-refractivity contribution in [1.29, 1.82) is 0 Å². The van der Waals surface area contributed by atoms with Crippen LogP contribution in [0.25, 0.3) is 0 Å². The molecule has 0 spiro atoms. The highest BCUT2D eigenvalue weighted by Crippen LogP contribution is 2.28. The van der Waals surface area contributed by atoms with Gasteiger partial charge in [-0.2, -0.15) is 0 Å². The molecule has 0 unspecified atom stereocenters. The van der Waals surface area contributed by atoms with Gasteiger partial charge >= 0.3 is 0 Å². The molecule has 1 aliphatic heterocycles. The molecule has 3 aromatic rings. The lowest BCUT2D eigenvalue weighted by Gasteiger charge is -2.13. The van der Waals surface area contributed by atoms with Crippen molar-refractivity contribution in [3.05, 3.63) is 65.4 Å². The Bertz CT molecular complexity index is 1230. The summed E-state index contributed by atoms with van der Waals surface area (Å²) in [6.07, 6.45) is 2.34. The van der Waals surface area contributed by atoms with E-state index in [0.29, 0.717) is 22.5 Å². The Morgan fingerprint density at radius 2 is 1.91 bits per heavy atom. The smallest absolute Gasteiger partial charge is 0.264 e. The summed E-state index contributed by atoms with van der Waals surface area (Å²) in [5.41, 5.74) is 2.29. The Labute approximate surface area is 197 Å². The van der Waals surface area contributed by atoms with E-state index in [1.165, 1.54) is 12.1 Å². The molecule has 1 aliphatic rings. The van der Waals surface area contributed by atoms with Gasteiger partial charge in [-0.3, -0.25) is 4.79 Å². The van der Waals surface area contributed by atoms with Gasteiger partial charge in [0, 0.05) is 28.5 Å². The second-order valence-corrected chi connectivity index (χ2v) is 10.5. The molecular weight excluding hydrogens is 462 g/mol. The molecule has 2 heterocycles. The molecule has 8 nitrogen and oxygen atoms in total. The number of amides is 1. The predicted molar refractivity (Wildman–Crippen MR) is 127 cm³/mol. The number of thioether (sulfide) groups is 1. The van der Waals surface area contributed by atoms with Crippen LogP contribution in [0.5, 0.6) is 0 Å². The number of hydrogen-bond donors (Lipinski definition) is 2. The van der Waals surface area contributed by atoms with Crippen molar-refractivity contribution >= 4 is 39.3 Å². The van der Waals surface area contributed by atoms with Gasteiger partial charge in [-0.05, 0) is 63.1 Å². The summed E-state index contributed by atoms with van der Waals surface area (Å²) >= 11 is 1.61. The molecule has 2 aromatic carbocycles. The maximum Gasteiger partial charge on any atom is 0.264 e. The van der Waals surface area contributed by atoms with Gasteiger partial charge in [0.15, 0.2) is 0 Å². The van der Waals surface area contributed by atoms with Crippen LogP contribution in [0, 0.1) is 13.8 Å². The van der Waals surface area contributed by atoms with E-state index in [2.05, 4.69) is 15.2 Å². The molecule has 1 aromatic heterocycles. The van der Waals surface area contributed by atoms with Crippen LogP contribution in [0.15, 0.2) is 62.8 Å². The monoisotopic (exact) mass is 487 g/mol. The number of nitrogens with zero attached hydrogens (tertiary/aromatic N) is 1. The van der Waals surface area contributed by atoms with E-state index in [-0.39, 0.29) is 22.8 Å². The van der Waals surface area contributed by atoms with Crippen molar-refractivity contribution in [1.82, 2.24) is 5.16 Å². The normalized spacial score (nSPS) is 16.0. The van der Waals surface area contributed by atoms with Crippen molar-refractivity contribution in [3.63, 3.8) is 0 Å². The maximum atomic E-state index is 12.9. The first kappa shape index (κ1) is 23.3. The van der Waals surface area contributed by atoms with Gasteiger partial charge in [-0.1, -0.05) is 17.3 Å². The minimum Gasteiger partial charge on any atom is -0.377 e. The molecule has 0 bridgehead atoms. The van der Waals surface area contributed by atoms with Crippen LogP contribution >= 0.6 is 11.8 Å². The summed E-state index contributed by atoms with van der Waals surface area (Å²) < 4.78 is 38.4. The van der Waals surface area contributed by atoms with Crippen molar-refractivity contribution in [2.24, 2.45) is 0 Å². The topological polar surface area (TPSA) is 111 Å². The molecular formula is C23H25N3O5S2. The molecule has 1 atom stereocenters. The number of rotatable bonds is 8. The molecule has 1 amide bonds. The number of aromatic nitrogens is 1. The first-order chi connectivity index (χ1) is 15.8. The fourth-order valence-corrected chi connectivity index (χ4v) is 5.51. The number of hydrogen-bond acceptors (Lipinski definition) is 7. The minimum absolute atomic E-state index is 0.0430. The zero-order chi connectivity index (χ0) is 23.4. The van der Waals surface area contributed by atoms with Crippen LogP contribution in [0.2, 0.25) is 0 Å². The average molecular weight is 488 g/mol. The maximum absolute atomic E-state index is 12.9. The summed E-state index contributed by atoms with van der Waals surface area (Å²) in [4.78, 5) is 13.8. The average Bonchev–Trinajstić information content (AvgIpc) is 3.44. The molecule has 174 valence electrons. The van der Waals surface area contributed by atoms with Gasteiger partial charge in [-0.25, -0.2) is 13.1 Å². The number of carbonyl (C=O) groups excluding carboxylic acids is 1. The van der Waals surface area contributed by atoms with Gasteiger partial charge in [0.05, 0.1) is 22.3 Å². The molecule has 4 rings (SSSR count). The zero-order valence-corrected chi connectivity index (χ0v) is 20.0. The highest BCUT2D eigenvalue weighted by atomic mass is 32.2. The SMILES string of the molecule is Cc1noc(NS(=O)(=O)c2ccc(NC(=O)c3ccccc3SC[C@H]3CCCO3)cc2)c1C. The first-order valence-corrected chi connectivity index (χ1v) is 13.0. The van der Waals surface area contributed by atoms with Crippen LogP contribution in [0.4, 0.5) is 11.6 Å². The van der Waals surface area contributed by atoms with Crippen LogP contribution in [-0.2, 0) is 14.8 Å². The number of aryl methyl sites for hydroxylation is 1. The Balaban J connectivity index is 1.43. The lowest BCUT2D eigenvalue weighted by atomic mass is 10.2. The molecule has 2 N–H and O–H groups in total. The highest BCUT2D eigenvalue weighted by molar-refractivity contribution is 7.99. The van der Waals surface area contributed by atoms with Gasteiger partial charge in [0.1, 0.15) is 0 Å². The van der Waals surface area contributed by atoms with E-state index in [1.54, 1.807) is 43.8 Å². The molecule has 0 aliphatic carbocycles. The van der Waals surface area contributed by atoms with Gasteiger partial charge < -0.3 is 14.6 Å². The first-order valence-electron chi connectivity index (χ1n) is 10.5. The number of carbonyl (C=O) groups is 1. The van der Waals surface area contributed by atoms with Crippen molar-refractivity contribution in [2.75, 3.05) is 22.4 Å². The summed E-state index contributed by atoms with van der Waals surface area (Å²) in [6, 6.07) is 13.4. The number of nitrogens with one attached hydrogen (secondary N) is 2. The van der Waals surface area contributed by atoms with E-state index in [9.17, 15) is 13.2 Å². The summed E-state index contributed by atoms with van der Waals surface area (Å²) in [7, 11) is -3.85. The molecule has 33 heavy (non-hydrogen) atoms. The molecule has 1 fully saturated rings. The van der Waals surface area contributed by atoms with Gasteiger partial charge in [0.25, 0.3) is 15.9 Å². The number of benzene rings is 2. The Kier molecular flexibility index (Phi) is 7.06. The summed E-state index contributed by atoms with van der Waals surface area (Å²) in [5.74, 6) is 0.627. The van der Waals surface area contributed by atoms with Crippen molar-refractivity contribution < 1.29 is 22.5 Å². The quantitative estimate of drug-likeness (QED) is 0.446. The van der Waals surface area contributed by atoms with Crippen LogP contribution in [0.1, 0.15) is 34.5 Å². The highest BCUT2D eigenvalue weighted by Gasteiger charge is 2.20. The van der Waals surface area contributed by atoms with Crippen molar-refractivity contribution in [2.45, 2.75) is 42.6 Å². The van der Waals surface area contributed by atoms with Crippen molar-refractivity contribution in [3.8, 4) is 0 Å². The number of anilines is 2. The molecule has 0 saturated carbocycles. The fraction of sp³-hybridized carbons (Fsp3) is 0.304. The lowest BCUT2D eigenvalue weighted by Crippen LogP contribution is -2.15. The van der Waals surface area contributed by atoms with Crippen LogP contribution < -0.4 is 10.0 Å². The van der Waals surface area contributed by atoms with E-state index in [1.807, 2.05) is 18.2 Å². The van der Waals surface area contributed by atoms with Crippen LogP contribution in [-0.4, -0.2) is 37.9 Å². The van der Waals surface area contributed by atoms with E-state index in [0.717, 1.165) is 30.1 Å². The lowest BCUT2D eigenvalue weighted by molar-refractivity contribution is 0.102. The third-order valence-electron chi connectivity index (χ3n) is 5.39. The number of ether oxygens (including phenoxy) is 1. The fourth-order valence-electron chi connectivity index (χ4n) is 3.35. The summed E-state index contributed by atoms with van der Waals surface area (Å²) in [5, 5.41) is 6.59. The number of sulfonamides is 1. The van der Waals surface area contributed by atoms with Gasteiger partial charge in [0.2, 0.25) is 5.88 Å². The minimum atomic E-state index is -3.85. The second-order valence-electron chi connectivity index (χ2n) is 7.75. The molecule has 1 saturated heterocycles. The summed E-state index contributed by atoms with van der Waals surface area (Å²) in [6.45, 7) is 4.25. The predicted octanol–water partition coefficient (Wildman–Crippen LogP) is 4.62. The standard InChI is InChI=1S/C23H25N3O5S2/c1-15-16(2)25-31-23(15)26-33(28,29)19-11-9-17(10-12-19)24-22(27)20-7-3-4-8-21(20)32-14-18-6-5-13-30-18/h3-4,7-12,18,26H,5-6,13-14H2,1-2H3,(H,24,27)/t18-/m1/s1. The van der Waals surface area contributed by atoms with Crippen LogP contribution in [0.3, 0.4) is 0 Å². The van der Waals surface area contributed by atoms with E-state index >= 15 is 0 Å². The third kappa shape index (κ3) is 5.58. The van der Waals surface area contributed by atoms with Gasteiger partial charge in [-0.15, -0.1) is 11.8 Å². The zero-order valence-electron chi connectivity index (χ0n) is 18.3. The van der Waals surface area contributed by atoms with E-state index in [4.69, 9.17) is 9.26 Å². The molecule has 10 heteroatoms. The Morgan fingerprint density at radius 1 is 1.15 bits per heavy atom. The van der Waals surface area contributed by atoms with E-state index < -0.39 is 10.0 Å². The molecule has 0 radical (unpaired) electrons.